The third-order valence-corrected chi connectivity index (χ3v) is 2.29. The van der Waals surface area contributed by atoms with Crippen LogP contribution in [0.5, 0.6) is 5.75 Å². The Morgan fingerprint density at radius 2 is 1.94 bits per heavy atom. The normalized spacial score (nSPS) is 12.5. The predicted octanol–water partition coefficient (Wildman–Crippen LogP) is 1.83. The Hall–Kier alpha value is -1.55. The topological polar surface area (TPSA) is 58.6 Å². The zero-order valence-corrected chi connectivity index (χ0v) is 10.4. The summed E-state index contributed by atoms with van der Waals surface area (Å²) in [4.78, 5) is 11.0. The van der Waals surface area contributed by atoms with E-state index in [0.29, 0.717) is 12.3 Å². The number of hydrogen-bond acceptors (Lipinski definition) is 3. The van der Waals surface area contributed by atoms with Gasteiger partial charge < -0.3 is 15.2 Å². The van der Waals surface area contributed by atoms with Crippen LogP contribution in [0.4, 0.5) is 0 Å². The molecule has 0 heterocycles. The van der Waals surface area contributed by atoms with E-state index in [4.69, 9.17) is 9.84 Å². The summed E-state index contributed by atoms with van der Waals surface area (Å²) in [6.07, 6.45) is -0.861. The summed E-state index contributed by atoms with van der Waals surface area (Å²) >= 11 is 0. The summed E-state index contributed by atoms with van der Waals surface area (Å²) in [6, 6.07) is 7.58. The molecule has 1 atom stereocenters. The monoisotopic (exact) mass is 237 g/mol. The molecule has 0 aliphatic heterocycles. The van der Waals surface area contributed by atoms with Crippen LogP contribution in [-0.2, 0) is 4.79 Å². The van der Waals surface area contributed by atoms with Gasteiger partial charge in [0.2, 0.25) is 6.10 Å². The maximum absolute atomic E-state index is 11.0. The summed E-state index contributed by atoms with van der Waals surface area (Å²) in [7, 11) is 0. The summed E-state index contributed by atoms with van der Waals surface area (Å²) in [5.41, 5.74) is 1.12. The van der Waals surface area contributed by atoms with Gasteiger partial charge in [0, 0.05) is 12.6 Å². The summed E-state index contributed by atoms with van der Waals surface area (Å²) in [5.74, 6) is -0.382. The number of ether oxygens (including phenoxy) is 1. The Bertz CT molecular complexity index is 359. The van der Waals surface area contributed by atoms with Crippen molar-refractivity contribution < 1.29 is 14.6 Å². The Kier molecular flexibility index (Phi) is 4.97. The van der Waals surface area contributed by atoms with E-state index in [0.717, 1.165) is 5.56 Å². The lowest BCUT2D eigenvalue weighted by Crippen LogP contribution is -2.40. The first-order chi connectivity index (χ1) is 7.99. The largest absolute Gasteiger partial charge is 0.478 e. The van der Waals surface area contributed by atoms with Crippen molar-refractivity contribution >= 4 is 5.97 Å². The molecule has 0 radical (unpaired) electrons. The minimum absolute atomic E-state index is 0.235. The van der Waals surface area contributed by atoms with E-state index < -0.39 is 12.1 Å². The van der Waals surface area contributed by atoms with E-state index >= 15 is 0 Å². The van der Waals surface area contributed by atoms with Crippen molar-refractivity contribution in [3.63, 3.8) is 0 Å². The molecule has 0 aromatic heterocycles. The molecule has 17 heavy (non-hydrogen) atoms. The molecule has 4 heteroatoms. The molecule has 4 nitrogen and oxygen atoms in total. The van der Waals surface area contributed by atoms with E-state index in [-0.39, 0.29) is 6.04 Å². The molecule has 1 aromatic carbocycles. The van der Waals surface area contributed by atoms with Gasteiger partial charge >= 0.3 is 5.97 Å². The van der Waals surface area contributed by atoms with Crippen LogP contribution < -0.4 is 10.1 Å². The molecule has 0 aliphatic carbocycles. The van der Waals surface area contributed by atoms with E-state index in [9.17, 15) is 4.79 Å². The predicted molar refractivity (Wildman–Crippen MR) is 66.4 cm³/mol. The van der Waals surface area contributed by atoms with Crippen LogP contribution in [0.1, 0.15) is 19.4 Å². The van der Waals surface area contributed by atoms with Crippen molar-refractivity contribution in [2.45, 2.75) is 32.9 Å². The fourth-order valence-corrected chi connectivity index (χ4v) is 1.30. The lowest BCUT2D eigenvalue weighted by molar-refractivity contribution is -0.144. The number of nitrogens with one attached hydrogen (secondary N) is 1. The first-order valence-electron chi connectivity index (χ1n) is 5.68. The number of aliphatic carboxylic acids is 1. The Morgan fingerprint density at radius 1 is 1.35 bits per heavy atom. The first-order valence-corrected chi connectivity index (χ1v) is 5.68. The minimum atomic E-state index is -0.960. The van der Waals surface area contributed by atoms with Crippen molar-refractivity contribution in [3.8, 4) is 5.75 Å². The Morgan fingerprint density at radius 3 is 2.41 bits per heavy atom. The SMILES string of the molecule is Cc1ccc(OC(CNC(C)C)C(=O)O)cc1. The van der Waals surface area contributed by atoms with Crippen LogP contribution in [0.2, 0.25) is 0 Å². The van der Waals surface area contributed by atoms with E-state index in [2.05, 4.69) is 5.32 Å². The van der Waals surface area contributed by atoms with Gasteiger partial charge in [0.15, 0.2) is 0 Å². The highest BCUT2D eigenvalue weighted by Gasteiger charge is 2.19. The molecule has 1 rings (SSSR count). The second kappa shape index (κ2) is 6.25. The zero-order valence-electron chi connectivity index (χ0n) is 10.4. The van der Waals surface area contributed by atoms with Crippen molar-refractivity contribution in [1.29, 1.82) is 0 Å². The maximum atomic E-state index is 11.0. The molecule has 2 N–H and O–H groups in total. The average molecular weight is 237 g/mol. The van der Waals surface area contributed by atoms with Gasteiger partial charge in [-0.05, 0) is 19.1 Å². The number of aryl methyl sites for hydroxylation is 1. The quantitative estimate of drug-likeness (QED) is 0.792. The number of carbonyl (C=O) groups is 1. The zero-order chi connectivity index (χ0) is 12.8. The molecule has 0 saturated carbocycles. The molecule has 1 aromatic rings. The van der Waals surface area contributed by atoms with Crippen molar-refractivity contribution in [1.82, 2.24) is 5.32 Å². The van der Waals surface area contributed by atoms with Crippen LogP contribution in [0.15, 0.2) is 24.3 Å². The molecule has 0 amide bonds. The molecular weight excluding hydrogens is 218 g/mol. The Labute approximate surface area is 102 Å². The lowest BCUT2D eigenvalue weighted by Gasteiger charge is -2.17. The van der Waals surface area contributed by atoms with Gasteiger partial charge in [-0.2, -0.15) is 0 Å². The number of hydrogen-bond donors (Lipinski definition) is 2. The second-order valence-corrected chi connectivity index (χ2v) is 4.32. The molecular formula is C13H19NO3. The summed E-state index contributed by atoms with van der Waals surface area (Å²) in [5, 5.41) is 12.1. The molecule has 0 fully saturated rings. The highest BCUT2D eigenvalue weighted by molar-refractivity contribution is 5.73. The molecule has 1 unspecified atom stereocenters. The van der Waals surface area contributed by atoms with Gasteiger partial charge in [-0.15, -0.1) is 0 Å². The molecule has 0 bridgehead atoms. The molecule has 94 valence electrons. The fourth-order valence-electron chi connectivity index (χ4n) is 1.30. The number of carboxylic acid groups (broad SMARTS) is 1. The van der Waals surface area contributed by atoms with E-state index in [1.54, 1.807) is 12.1 Å². The van der Waals surface area contributed by atoms with Gasteiger partial charge in [-0.1, -0.05) is 31.5 Å². The number of carboxylic acids is 1. The third kappa shape index (κ3) is 4.87. The highest BCUT2D eigenvalue weighted by atomic mass is 16.5. The second-order valence-electron chi connectivity index (χ2n) is 4.32. The van der Waals surface area contributed by atoms with Crippen LogP contribution in [-0.4, -0.2) is 29.8 Å². The lowest BCUT2D eigenvalue weighted by atomic mass is 10.2. The highest BCUT2D eigenvalue weighted by Crippen LogP contribution is 2.13. The van der Waals surface area contributed by atoms with Gasteiger partial charge in [0.1, 0.15) is 5.75 Å². The number of benzene rings is 1. The average Bonchev–Trinajstić information content (AvgIpc) is 2.26. The minimum Gasteiger partial charge on any atom is -0.478 e. The molecule has 0 aliphatic rings. The maximum Gasteiger partial charge on any atom is 0.346 e. The van der Waals surface area contributed by atoms with Crippen LogP contribution >= 0.6 is 0 Å². The van der Waals surface area contributed by atoms with Gasteiger partial charge in [0.25, 0.3) is 0 Å². The molecule has 0 saturated heterocycles. The van der Waals surface area contributed by atoms with Gasteiger partial charge in [-0.25, -0.2) is 4.79 Å². The van der Waals surface area contributed by atoms with E-state index in [1.165, 1.54) is 0 Å². The van der Waals surface area contributed by atoms with Crippen LogP contribution in [0.3, 0.4) is 0 Å². The third-order valence-electron chi connectivity index (χ3n) is 2.29. The fraction of sp³-hybridized carbons (Fsp3) is 0.462. The first kappa shape index (κ1) is 13.5. The number of rotatable bonds is 6. The van der Waals surface area contributed by atoms with Crippen LogP contribution in [0, 0.1) is 6.92 Å². The molecule has 0 spiro atoms. The summed E-state index contributed by atoms with van der Waals surface area (Å²) in [6.45, 7) is 6.19. The smallest absolute Gasteiger partial charge is 0.346 e. The van der Waals surface area contributed by atoms with Gasteiger partial charge in [0.05, 0.1) is 0 Å². The van der Waals surface area contributed by atoms with Gasteiger partial charge in [-0.3, -0.25) is 0 Å². The van der Waals surface area contributed by atoms with Crippen molar-refractivity contribution in [2.75, 3.05) is 6.54 Å². The Balaban J connectivity index is 2.60. The standard InChI is InChI=1S/C13H19NO3/c1-9(2)14-8-12(13(15)16)17-11-6-4-10(3)5-7-11/h4-7,9,12,14H,8H2,1-3H3,(H,15,16). The van der Waals surface area contributed by atoms with E-state index in [1.807, 2.05) is 32.9 Å². The van der Waals surface area contributed by atoms with Crippen molar-refractivity contribution in [2.24, 2.45) is 0 Å². The van der Waals surface area contributed by atoms with Crippen molar-refractivity contribution in [3.05, 3.63) is 29.8 Å². The summed E-state index contributed by atoms with van der Waals surface area (Å²) < 4.78 is 5.42. The van der Waals surface area contributed by atoms with Crippen LogP contribution in [0.25, 0.3) is 0 Å².